The highest BCUT2D eigenvalue weighted by Crippen LogP contribution is 2.38. The van der Waals surface area contributed by atoms with Crippen molar-refractivity contribution in [2.75, 3.05) is 47.5 Å². The van der Waals surface area contributed by atoms with Crippen molar-refractivity contribution in [2.45, 2.75) is 161 Å². The molecule has 0 bridgehead atoms. The van der Waals surface area contributed by atoms with E-state index >= 15 is 0 Å². The molecule has 0 aliphatic rings. The molecule has 0 aromatic heterocycles. The van der Waals surface area contributed by atoms with Crippen LogP contribution in [0.3, 0.4) is 0 Å². The Hall–Kier alpha value is -2.85. The summed E-state index contributed by atoms with van der Waals surface area (Å²) in [4.78, 5) is 37.5. The highest BCUT2D eigenvalue weighted by atomic mass is 31.2. The number of quaternary nitrogens is 1. The molecule has 0 fully saturated rings. The Bertz CT molecular complexity index is 1290. The van der Waals surface area contributed by atoms with Gasteiger partial charge in [0.2, 0.25) is 0 Å². The zero-order chi connectivity index (χ0) is 43.7. The molecule has 1 N–H and O–H groups in total. The molecular formula is C48H82NO9P. The van der Waals surface area contributed by atoms with Gasteiger partial charge in [-0.05, 0) is 96.8 Å². The number of aliphatic hydroxyl groups excluding tert-OH is 1. The van der Waals surface area contributed by atoms with Gasteiger partial charge >= 0.3 is 11.9 Å². The van der Waals surface area contributed by atoms with Crippen molar-refractivity contribution in [1.29, 1.82) is 0 Å². The van der Waals surface area contributed by atoms with Gasteiger partial charge in [0.1, 0.15) is 19.8 Å². The van der Waals surface area contributed by atoms with Gasteiger partial charge in [-0.15, -0.1) is 0 Å². The number of hydrogen-bond acceptors (Lipinski definition) is 9. The summed E-state index contributed by atoms with van der Waals surface area (Å²) in [7, 11) is 1.07. The number of allylic oxidation sites excluding steroid dienone is 14. The number of ether oxygens (including phenoxy) is 2. The summed E-state index contributed by atoms with van der Waals surface area (Å²) >= 11 is 0. The first kappa shape index (κ1) is 56.1. The number of hydrogen-bond donors (Lipinski definition) is 1. The molecule has 1 unspecified atom stereocenters. The predicted molar refractivity (Wildman–Crippen MR) is 242 cm³/mol. The normalized spacial score (nSPS) is 14.9. The maximum atomic E-state index is 12.7. The van der Waals surface area contributed by atoms with Crippen LogP contribution in [0.1, 0.15) is 149 Å². The van der Waals surface area contributed by atoms with E-state index in [4.69, 9.17) is 18.5 Å². The number of phosphoric acid groups is 1. The lowest BCUT2D eigenvalue weighted by Crippen LogP contribution is -2.37. The number of aliphatic hydroxyl groups is 1. The molecule has 11 heteroatoms. The zero-order valence-corrected chi connectivity index (χ0v) is 38.4. The largest absolute Gasteiger partial charge is 0.756 e. The third-order valence-corrected chi connectivity index (χ3v) is 9.87. The van der Waals surface area contributed by atoms with Gasteiger partial charge in [0.15, 0.2) is 6.10 Å². The minimum absolute atomic E-state index is 0.0589. The minimum atomic E-state index is -4.66. The number of carbonyl (C=O) groups is 2. The molecule has 0 rings (SSSR count). The van der Waals surface area contributed by atoms with Crippen LogP contribution < -0.4 is 4.89 Å². The summed E-state index contributed by atoms with van der Waals surface area (Å²) in [5.74, 6) is -0.987. The summed E-state index contributed by atoms with van der Waals surface area (Å²) in [5.41, 5.74) is 0. The first-order chi connectivity index (χ1) is 28.3. The van der Waals surface area contributed by atoms with Crippen LogP contribution in [-0.4, -0.2) is 81.2 Å². The van der Waals surface area contributed by atoms with E-state index < -0.39 is 32.5 Å². The van der Waals surface area contributed by atoms with Gasteiger partial charge in [0.05, 0.1) is 33.9 Å². The number of esters is 2. The molecule has 0 aromatic rings. The Balaban J connectivity index is 4.55. The first-order valence-electron chi connectivity index (χ1n) is 22.3. The topological polar surface area (TPSA) is 131 Å². The van der Waals surface area contributed by atoms with Gasteiger partial charge in [-0.1, -0.05) is 124 Å². The predicted octanol–water partition coefficient (Wildman–Crippen LogP) is 11.1. The first-order valence-corrected chi connectivity index (χ1v) is 23.8. The van der Waals surface area contributed by atoms with E-state index in [0.717, 1.165) is 64.2 Å². The summed E-state index contributed by atoms with van der Waals surface area (Å²) in [6, 6.07) is 0. The van der Waals surface area contributed by atoms with E-state index in [1.165, 1.54) is 38.5 Å². The molecule has 0 radical (unpaired) electrons. The zero-order valence-electron chi connectivity index (χ0n) is 37.5. The number of phosphoric ester groups is 1. The van der Waals surface area contributed by atoms with Gasteiger partial charge in [0.25, 0.3) is 7.82 Å². The smallest absolute Gasteiger partial charge is 0.306 e. The van der Waals surface area contributed by atoms with Gasteiger partial charge in [0, 0.05) is 12.8 Å². The molecular weight excluding hydrogens is 765 g/mol. The maximum Gasteiger partial charge on any atom is 0.306 e. The molecule has 59 heavy (non-hydrogen) atoms. The molecule has 338 valence electrons. The molecule has 0 aliphatic heterocycles. The van der Waals surface area contributed by atoms with E-state index in [2.05, 4.69) is 73.8 Å². The van der Waals surface area contributed by atoms with Crippen molar-refractivity contribution >= 4 is 19.8 Å². The van der Waals surface area contributed by atoms with Crippen molar-refractivity contribution < 1.29 is 47.2 Å². The molecule has 0 heterocycles. The lowest BCUT2D eigenvalue weighted by atomic mass is 10.1. The van der Waals surface area contributed by atoms with Crippen molar-refractivity contribution in [1.82, 2.24) is 0 Å². The Morgan fingerprint density at radius 1 is 0.610 bits per heavy atom. The van der Waals surface area contributed by atoms with Crippen LogP contribution in [0.5, 0.6) is 0 Å². The Morgan fingerprint density at radius 2 is 1.05 bits per heavy atom. The summed E-state index contributed by atoms with van der Waals surface area (Å²) < 4.78 is 33.7. The van der Waals surface area contributed by atoms with Gasteiger partial charge in [-0.25, -0.2) is 0 Å². The molecule has 0 saturated carbocycles. The fraction of sp³-hybridized carbons (Fsp3) is 0.667. The molecule has 3 atom stereocenters. The summed E-state index contributed by atoms with van der Waals surface area (Å²) in [5, 5.41) is 9.28. The van der Waals surface area contributed by atoms with Crippen LogP contribution in [0.4, 0.5) is 0 Å². The second-order valence-corrected chi connectivity index (χ2v) is 17.4. The molecule has 0 saturated heterocycles. The van der Waals surface area contributed by atoms with Gasteiger partial charge in [-0.3, -0.25) is 14.2 Å². The van der Waals surface area contributed by atoms with Crippen molar-refractivity contribution in [3.05, 3.63) is 85.1 Å². The fourth-order valence-corrected chi connectivity index (χ4v) is 6.11. The van der Waals surface area contributed by atoms with Crippen LogP contribution in [0, 0.1) is 0 Å². The highest BCUT2D eigenvalue weighted by Gasteiger charge is 2.21. The van der Waals surface area contributed by atoms with E-state index in [1.807, 2.05) is 46.3 Å². The third kappa shape index (κ3) is 44.5. The van der Waals surface area contributed by atoms with Gasteiger partial charge in [-0.2, -0.15) is 0 Å². The highest BCUT2D eigenvalue weighted by molar-refractivity contribution is 7.45. The summed E-state index contributed by atoms with van der Waals surface area (Å²) in [6.45, 7) is 3.61. The minimum Gasteiger partial charge on any atom is -0.756 e. The number of likely N-dealkylation sites (N-methyl/N-ethyl adjacent to an activating group) is 1. The molecule has 0 aliphatic carbocycles. The second-order valence-electron chi connectivity index (χ2n) is 16.0. The average molecular weight is 848 g/mol. The van der Waals surface area contributed by atoms with Crippen LogP contribution in [0.25, 0.3) is 0 Å². The Labute approximate surface area is 359 Å². The number of unbranched alkanes of at least 4 members (excludes halogenated alkanes) is 9. The molecule has 0 aromatic carbocycles. The lowest BCUT2D eigenvalue weighted by Gasteiger charge is -2.28. The monoisotopic (exact) mass is 848 g/mol. The van der Waals surface area contributed by atoms with E-state index in [-0.39, 0.29) is 32.2 Å². The fourth-order valence-electron chi connectivity index (χ4n) is 5.39. The third-order valence-electron chi connectivity index (χ3n) is 8.91. The maximum absolute atomic E-state index is 12.7. The lowest BCUT2D eigenvalue weighted by molar-refractivity contribution is -0.870. The van der Waals surface area contributed by atoms with Crippen LogP contribution >= 0.6 is 7.82 Å². The number of rotatable bonds is 39. The molecule has 0 amide bonds. The van der Waals surface area contributed by atoms with Crippen molar-refractivity contribution in [2.24, 2.45) is 0 Å². The van der Waals surface area contributed by atoms with E-state index in [0.29, 0.717) is 30.3 Å². The van der Waals surface area contributed by atoms with Crippen molar-refractivity contribution in [3.8, 4) is 0 Å². The van der Waals surface area contributed by atoms with Crippen LogP contribution in [0.2, 0.25) is 0 Å². The van der Waals surface area contributed by atoms with Gasteiger partial charge < -0.3 is 33.0 Å². The van der Waals surface area contributed by atoms with Crippen molar-refractivity contribution in [3.63, 3.8) is 0 Å². The molecule has 0 spiro atoms. The number of carbonyl (C=O) groups excluding carboxylic acids is 2. The standard InChI is InChI=1S/C48H82NO9P/c1-6-7-8-9-10-11-12-13-14-15-18-21-24-27-30-33-36-39-47(51)55-43-46(44-57-59(53,54)56-42-41-49(3,4)5)58-48(52)40-37-34-31-28-25-22-19-16-17-20-23-26-29-32-35-38-45(2)50/h13-14,17-22,26-31,45-46,50H,6-12,15-16,23-25,32-44H2,1-5H3/b14-13-,20-17-,21-18-,22-19-,29-26-,30-27-,31-28-/t45-,46+/m0/s1. The Morgan fingerprint density at radius 3 is 1.54 bits per heavy atom. The Kier molecular flexibility index (Phi) is 37.4. The van der Waals surface area contributed by atoms with Crippen LogP contribution in [-0.2, 0) is 32.7 Å². The van der Waals surface area contributed by atoms with E-state index in [9.17, 15) is 24.2 Å². The summed E-state index contributed by atoms with van der Waals surface area (Å²) in [6.07, 6.45) is 47.6. The van der Waals surface area contributed by atoms with E-state index in [1.54, 1.807) is 0 Å². The molecule has 10 nitrogen and oxygen atoms in total. The second kappa shape index (κ2) is 39.3. The SMILES string of the molecule is CCCCCCCC/C=C\C/C=C\C/C=C\CCCC(=O)OC[C@H](COP(=O)([O-])OCC[N+](C)(C)C)OC(=O)CCC/C=C\C/C=C\C/C=C\C/C=C\CCC[C@H](C)O. The average Bonchev–Trinajstić information content (AvgIpc) is 3.17. The van der Waals surface area contributed by atoms with Crippen LogP contribution in [0.15, 0.2) is 85.1 Å². The number of nitrogens with zero attached hydrogens (tertiary/aromatic N) is 1. The quantitative estimate of drug-likeness (QED) is 0.0211.